The highest BCUT2D eigenvalue weighted by atomic mass is 35.5. The van der Waals surface area contributed by atoms with Crippen LogP contribution >= 0.6 is 11.6 Å². The third-order valence-corrected chi connectivity index (χ3v) is 4.96. The summed E-state index contributed by atoms with van der Waals surface area (Å²) < 4.78 is 15.7. The number of amides is 1. The maximum absolute atomic E-state index is 13.9. The van der Waals surface area contributed by atoms with Gasteiger partial charge in [-0.25, -0.2) is 4.39 Å². The van der Waals surface area contributed by atoms with Crippen molar-refractivity contribution in [2.24, 2.45) is 0 Å². The average Bonchev–Trinajstić information content (AvgIpc) is 2.99. The summed E-state index contributed by atoms with van der Waals surface area (Å²) in [6.45, 7) is 7.66. The van der Waals surface area contributed by atoms with Crippen LogP contribution in [0.5, 0.6) is 0 Å². The standard InChI is InChI=1S/C18H22ClFN4O/c1-3-24-12-14(13(2)21-24)18(25)23-9-7-22(8-10-23)11-15-16(19)5-4-6-17(15)20/h4-6,12H,3,7-11H2,1-2H3. The minimum atomic E-state index is -0.284. The van der Waals surface area contributed by atoms with Crippen molar-refractivity contribution >= 4 is 17.5 Å². The Kier molecular flexibility index (Phi) is 5.39. The Hall–Kier alpha value is -1.92. The lowest BCUT2D eigenvalue weighted by molar-refractivity contribution is 0.0626. The van der Waals surface area contributed by atoms with Gasteiger partial charge in [0.25, 0.3) is 5.91 Å². The average molecular weight is 365 g/mol. The first-order valence-corrected chi connectivity index (χ1v) is 8.86. The lowest BCUT2D eigenvalue weighted by atomic mass is 10.1. The molecule has 134 valence electrons. The van der Waals surface area contributed by atoms with Crippen molar-refractivity contribution in [1.82, 2.24) is 19.6 Å². The largest absolute Gasteiger partial charge is 0.336 e. The molecular formula is C18H22ClFN4O. The molecule has 1 aromatic heterocycles. The van der Waals surface area contributed by atoms with Gasteiger partial charge >= 0.3 is 0 Å². The molecule has 3 rings (SSSR count). The van der Waals surface area contributed by atoms with Gasteiger partial charge in [0, 0.05) is 56.1 Å². The van der Waals surface area contributed by atoms with Gasteiger partial charge in [-0.1, -0.05) is 17.7 Å². The molecule has 0 bridgehead atoms. The van der Waals surface area contributed by atoms with Gasteiger partial charge in [-0.2, -0.15) is 5.10 Å². The quantitative estimate of drug-likeness (QED) is 0.837. The molecule has 0 N–H and O–H groups in total. The van der Waals surface area contributed by atoms with Crippen LogP contribution in [0.3, 0.4) is 0 Å². The lowest BCUT2D eigenvalue weighted by Crippen LogP contribution is -2.48. The molecule has 5 nitrogen and oxygen atoms in total. The van der Waals surface area contributed by atoms with Crippen molar-refractivity contribution in [2.75, 3.05) is 26.2 Å². The number of rotatable bonds is 4. The highest BCUT2D eigenvalue weighted by Crippen LogP contribution is 2.21. The third kappa shape index (κ3) is 3.85. The summed E-state index contributed by atoms with van der Waals surface area (Å²) >= 11 is 6.10. The molecule has 1 fully saturated rings. The predicted molar refractivity (Wildman–Crippen MR) is 95.2 cm³/mol. The number of nitrogens with zero attached hydrogens (tertiary/aromatic N) is 4. The van der Waals surface area contributed by atoms with E-state index in [9.17, 15) is 9.18 Å². The monoisotopic (exact) mass is 364 g/mol. The molecule has 25 heavy (non-hydrogen) atoms. The zero-order valence-electron chi connectivity index (χ0n) is 14.5. The van der Waals surface area contributed by atoms with Crippen LogP contribution in [0, 0.1) is 12.7 Å². The van der Waals surface area contributed by atoms with Crippen LogP contribution in [0.4, 0.5) is 4.39 Å². The topological polar surface area (TPSA) is 41.4 Å². The summed E-state index contributed by atoms with van der Waals surface area (Å²) in [5.41, 5.74) is 1.93. The molecule has 1 aliphatic rings. The fourth-order valence-corrected chi connectivity index (χ4v) is 3.30. The summed E-state index contributed by atoms with van der Waals surface area (Å²) in [5.74, 6) is -0.269. The Morgan fingerprint density at radius 2 is 2.00 bits per heavy atom. The van der Waals surface area contributed by atoms with Gasteiger partial charge < -0.3 is 4.90 Å². The van der Waals surface area contributed by atoms with Crippen LogP contribution < -0.4 is 0 Å². The molecule has 2 aromatic rings. The first-order chi connectivity index (χ1) is 12.0. The Morgan fingerprint density at radius 3 is 2.60 bits per heavy atom. The van der Waals surface area contributed by atoms with Crippen LogP contribution in [-0.4, -0.2) is 51.7 Å². The van der Waals surface area contributed by atoms with Crippen LogP contribution in [0.15, 0.2) is 24.4 Å². The number of halogens is 2. The van der Waals surface area contributed by atoms with Gasteiger partial charge in [0.15, 0.2) is 0 Å². The van der Waals surface area contributed by atoms with E-state index in [1.54, 1.807) is 16.8 Å². The number of aryl methyl sites for hydroxylation is 2. The number of hydrogen-bond acceptors (Lipinski definition) is 3. The second-order valence-corrected chi connectivity index (χ2v) is 6.66. The van der Waals surface area contributed by atoms with Crippen molar-refractivity contribution in [3.8, 4) is 0 Å². The molecule has 0 radical (unpaired) electrons. The SMILES string of the molecule is CCn1cc(C(=O)N2CCN(Cc3c(F)cccc3Cl)CC2)c(C)n1. The molecule has 2 heterocycles. The highest BCUT2D eigenvalue weighted by molar-refractivity contribution is 6.31. The minimum Gasteiger partial charge on any atom is -0.336 e. The van der Waals surface area contributed by atoms with E-state index in [0.29, 0.717) is 48.9 Å². The van der Waals surface area contributed by atoms with Crippen molar-refractivity contribution in [2.45, 2.75) is 26.9 Å². The van der Waals surface area contributed by atoms with Crippen LogP contribution in [0.2, 0.25) is 5.02 Å². The first-order valence-electron chi connectivity index (χ1n) is 8.48. The minimum absolute atomic E-state index is 0.0146. The number of hydrogen-bond donors (Lipinski definition) is 0. The van der Waals surface area contributed by atoms with Crippen molar-refractivity contribution in [1.29, 1.82) is 0 Å². The summed E-state index contributed by atoms with van der Waals surface area (Å²) in [5, 5.41) is 4.78. The Balaban J connectivity index is 1.61. The van der Waals surface area contributed by atoms with E-state index in [1.165, 1.54) is 6.07 Å². The predicted octanol–water partition coefficient (Wildman–Crippen LogP) is 2.96. The number of carbonyl (C=O) groups excluding carboxylic acids is 1. The van der Waals surface area contributed by atoms with Gasteiger partial charge in [0.2, 0.25) is 0 Å². The van der Waals surface area contributed by atoms with Crippen molar-refractivity contribution in [3.05, 3.63) is 52.1 Å². The fraction of sp³-hybridized carbons (Fsp3) is 0.444. The number of benzene rings is 1. The van der Waals surface area contributed by atoms with E-state index < -0.39 is 0 Å². The van der Waals surface area contributed by atoms with Gasteiger partial charge in [-0.05, 0) is 26.0 Å². The maximum atomic E-state index is 13.9. The summed E-state index contributed by atoms with van der Waals surface area (Å²) in [6, 6.07) is 4.74. The molecule has 1 amide bonds. The van der Waals surface area contributed by atoms with E-state index in [0.717, 1.165) is 12.2 Å². The van der Waals surface area contributed by atoms with Crippen LogP contribution in [0.25, 0.3) is 0 Å². The molecule has 1 aliphatic heterocycles. The number of carbonyl (C=O) groups is 1. The third-order valence-electron chi connectivity index (χ3n) is 4.60. The molecule has 0 unspecified atom stereocenters. The number of piperazine rings is 1. The van der Waals surface area contributed by atoms with Crippen molar-refractivity contribution < 1.29 is 9.18 Å². The summed E-state index contributed by atoms with van der Waals surface area (Å²) in [6.07, 6.45) is 1.81. The Labute approximate surface area is 152 Å². The van der Waals surface area contributed by atoms with E-state index >= 15 is 0 Å². The van der Waals surface area contributed by atoms with Gasteiger partial charge in [-0.15, -0.1) is 0 Å². The van der Waals surface area contributed by atoms with E-state index in [4.69, 9.17) is 11.6 Å². The molecule has 1 saturated heterocycles. The van der Waals surface area contributed by atoms with Crippen LogP contribution in [-0.2, 0) is 13.1 Å². The lowest BCUT2D eigenvalue weighted by Gasteiger charge is -2.34. The highest BCUT2D eigenvalue weighted by Gasteiger charge is 2.25. The van der Waals surface area contributed by atoms with E-state index in [1.807, 2.05) is 24.9 Å². The van der Waals surface area contributed by atoms with Gasteiger partial charge in [-0.3, -0.25) is 14.4 Å². The second-order valence-electron chi connectivity index (χ2n) is 6.25. The Bertz CT molecular complexity index is 748. The van der Waals surface area contributed by atoms with E-state index in [2.05, 4.69) is 10.00 Å². The fourth-order valence-electron chi connectivity index (χ4n) is 3.08. The molecule has 0 atom stereocenters. The molecule has 7 heteroatoms. The summed E-state index contributed by atoms with van der Waals surface area (Å²) in [7, 11) is 0. The first kappa shape index (κ1) is 17.9. The normalized spacial score (nSPS) is 15.6. The van der Waals surface area contributed by atoms with Gasteiger partial charge in [0.1, 0.15) is 5.82 Å². The molecule has 0 aliphatic carbocycles. The molecule has 1 aromatic carbocycles. The smallest absolute Gasteiger partial charge is 0.257 e. The second kappa shape index (κ2) is 7.54. The maximum Gasteiger partial charge on any atom is 0.257 e. The van der Waals surface area contributed by atoms with Crippen molar-refractivity contribution in [3.63, 3.8) is 0 Å². The summed E-state index contributed by atoms with van der Waals surface area (Å²) in [4.78, 5) is 16.7. The molecule has 0 spiro atoms. The molecular weight excluding hydrogens is 343 g/mol. The zero-order chi connectivity index (χ0) is 18.0. The van der Waals surface area contributed by atoms with E-state index in [-0.39, 0.29) is 11.7 Å². The van der Waals surface area contributed by atoms with Gasteiger partial charge in [0.05, 0.1) is 11.3 Å². The Morgan fingerprint density at radius 1 is 1.28 bits per heavy atom. The van der Waals surface area contributed by atoms with Crippen LogP contribution in [0.1, 0.15) is 28.5 Å². The molecule has 0 saturated carbocycles. The number of aromatic nitrogens is 2. The zero-order valence-corrected chi connectivity index (χ0v) is 15.3.